The van der Waals surface area contributed by atoms with Gasteiger partial charge in [0, 0.05) is 23.7 Å². The number of pyridine rings is 1. The number of alkyl halides is 3. The predicted molar refractivity (Wildman–Crippen MR) is 101 cm³/mol. The molecule has 2 aliphatic rings. The van der Waals surface area contributed by atoms with E-state index in [1.807, 2.05) is 6.92 Å². The number of H-pyrrole nitrogens is 1. The standard InChI is InChI=1S/C18H20F3N5O2S/c1-9-6-10(25-29(27,28)11-2-3-11)7-14(9)26-15-12-4-5-22-16(12)23-8-13(15)24-17(26)18(19,20)21/h4-5,8-11,14,25H,2-3,6-7H2,1H3,(H,22,23). The van der Waals surface area contributed by atoms with Gasteiger partial charge in [-0.15, -0.1) is 0 Å². The number of halogens is 3. The number of aromatic amines is 1. The molecule has 2 saturated carbocycles. The first-order chi connectivity index (χ1) is 13.6. The zero-order valence-electron chi connectivity index (χ0n) is 15.6. The van der Waals surface area contributed by atoms with E-state index in [1.54, 1.807) is 12.3 Å². The quantitative estimate of drug-likeness (QED) is 0.668. The molecule has 2 aliphatic carbocycles. The monoisotopic (exact) mass is 427 g/mol. The molecule has 3 heterocycles. The highest BCUT2D eigenvalue weighted by molar-refractivity contribution is 7.90. The van der Waals surface area contributed by atoms with E-state index in [0.29, 0.717) is 35.8 Å². The molecule has 2 fully saturated rings. The maximum atomic E-state index is 13.9. The van der Waals surface area contributed by atoms with Crippen molar-refractivity contribution in [2.75, 3.05) is 0 Å². The highest BCUT2D eigenvalue weighted by atomic mass is 32.2. The topological polar surface area (TPSA) is 92.7 Å². The van der Waals surface area contributed by atoms with Gasteiger partial charge in [0.1, 0.15) is 11.2 Å². The average Bonchev–Trinajstić information content (AvgIpc) is 3.11. The van der Waals surface area contributed by atoms with Gasteiger partial charge in [0.05, 0.1) is 17.0 Å². The van der Waals surface area contributed by atoms with Crippen molar-refractivity contribution in [2.24, 2.45) is 5.92 Å². The van der Waals surface area contributed by atoms with Crippen LogP contribution in [0.1, 0.15) is 44.5 Å². The lowest BCUT2D eigenvalue weighted by atomic mass is 10.1. The molecule has 156 valence electrons. The van der Waals surface area contributed by atoms with Crippen LogP contribution in [0.25, 0.3) is 22.1 Å². The number of fused-ring (bicyclic) bond motifs is 3. The maximum Gasteiger partial charge on any atom is 0.449 e. The van der Waals surface area contributed by atoms with Crippen molar-refractivity contribution in [2.45, 2.75) is 56.1 Å². The van der Waals surface area contributed by atoms with Gasteiger partial charge in [0.25, 0.3) is 0 Å². The van der Waals surface area contributed by atoms with E-state index in [2.05, 4.69) is 19.7 Å². The summed E-state index contributed by atoms with van der Waals surface area (Å²) in [7, 11) is -3.41. The molecule has 3 atom stereocenters. The lowest BCUT2D eigenvalue weighted by Gasteiger charge is -2.22. The molecule has 0 aliphatic heterocycles. The molecule has 3 unspecified atom stereocenters. The summed E-state index contributed by atoms with van der Waals surface area (Å²) in [5.41, 5.74) is 1.05. The Morgan fingerprint density at radius 3 is 2.72 bits per heavy atom. The van der Waals surface area contributed by atoms with Gasteiger partial charge in [-0.25, -0.2) is 23.1 Å². The second kappa shape index (κ2) is 6.18. The second-order valence-electron chi connectivity index (χ2n) is 8.11. The van der Waals surface area contributed by atoms with Gasteiger partial charge in [-0.05, 0) is 37.7 Å². The Morgan fingerprint density at radius 2 is 2.03 bits per heavy atom. The van der Waals surface area contributed by atoms with Crippen LogP contribution in [0.3, 0.4) is 0 Å². The zero-order chi connectivity index (χ0) is 20.6. The van der Waals surface area contributed by atoms with E-state index in [4.69, 9.17) is 0 Å². The Labute approximate surface area is 164 Å². The second-order valence-corrected chi connectivity index (χ2v) is 10.1. The van der Waals surface area contributed by atoms with E-state index in [-0.39, 0.29) is 29.1 Å². The van der Waals surface area contributed by atoms with Gasteiger partial charge in [-0.1, -0.05) is 6.92 Å². The maximum absolute atomic E-state index is 13.9. The summed E-state index contributed by atoms with van der Waals surface area (Å²) < 4.78 is 70.1. The van der Waals surface area contributed by atoms with Gasteiger partial charge < -0.3 is 9.55 Å². The first kappa shape index (κ1) is 18.9. The van der Waals surface area contributed by atoms with Gasteiger partial charge in [-0.3, -0.25) is 0 Å². The molecule has 5 rings (SSSR count). The van der Waals surface area contributed by atoms with Gasteiger partial charge >= 0.3 is 6.18 Å². The van der Waals surface area contributed by atoms with Crippen LogP contribution >= 0.6 is 0 Å². The lowest BCUT2D eigenvalue weighted by Crippen LogP contribution is -2.35. The molecule has 3 aromatic heterocycles. The molecule has 11 heteroatoms. The first-order valence-electron chi connectivity index (χ1n) is 9.57. The first-order valence-corrected chi connectivity index (χ1v) is 11.1. The molecule has 0 radical (unpaired) electrons. The molecular formula is C18H20F3N5O2S. The van der Waals surface area contributed by atoms with E-state index in [1.165, 1.54) is 10.8 Å². The Balaban J connectivity index is 1.60. The third kappa shape index (κ3) is 3.10. The molecular weight excluding hydrogens is 407 g/mol. The summed E-state index contributed by atoms with van der Waals surface area (Å²) in [6.07, 6.45) is 0.394. The van der Waals surface area contributed by atoms with Crippen molar-refractivity contribution in [3.8, 4) is 0 Å². The lowest BCUT2D eigenvalue weighted by molar-refractivity contribution is -0.147. The van der Waals surface area contributed by atoms with Crippen molar-refractivity contribution in [3.05, 3.63) is 24.3 Å². The number of hydrogen-bond donors (Lipinski definition) is 2. The van der Waals surface area contributed by atoms with Gasteiger partial charge in [0.15, 0.2) is 0 Å². The fourth-order valence-electron chi connectivity index (χ4n) is 4.50. The molecule has 7 nitrogen and oxygen atoms in total. The Morgan fingerprint density at radius 1 is 1.28 bits per heavy atom. The number of aromatic nitrogens is 4. The fourth-order valence-corrected chi connectivity index (χ4v) is 6.11. The highest BCUT2D eigenvalue weighted by Crippen LogP contribution is 2.43. The van der Waals surface area contributed by atoms with Gasteiger partial charge in [0.2, 0.25) is 15.8 Å². The third-order valence-corrected chi connectivity index (χ3v) is 7.96. The number of sulfonamides is 1. The summed E-state index contributed by atoms with van der Waals surface area (Å²) in [6, 6.07) is 0.780. The summed E-state index contributed by atoms with van der Waals surface area (Å²) in [4.78, 5) is 10.9. The van der Waals surface area contributed by atoms with Crippen LogP contribution in [0, 0.1) is 5.92 Å². The van der Waals surface area contributed by atoms with Crippen LogP contribution in [0.15, 0.2) is 18.5 Å². The van der Waals surface area contributed by atoms with Crippen LogP contribution in [0.5, 0.6) is 0 Å². The Bertz CT molecular complexity index is 1200. The van der Waals surface area contributed by atoms with Crippen LogP contribution in [-0.4, -0.2) is 39.2 Å². The van der Waals surface area contributed by atoms with E-state index < -0.39 is 28.1 Å². The van der Waals surface area contributed by atoms with Crippen molar-refractivity contribution in [1.82, 2.24) is 24.2 Å². The predicted octanol–water partition coefficient (Wildman–Crippen LogP) is 3.35. The largest absolute Gasteiger partial charge is 0.449 e. The number of imidazole rings is 1. The van der Waals surface area contributed by atoms with Crippen LogP contribution < -0.4 is 4.72 Å². The molecule has 0 spiro atoms. The average molecular weight is 427 g/mol. The molecule has 2 N–H and O–H groups in total. The molecule has 0 bridgehead atoms. The normalized spacial score (nSPS) is 26.0. The number of hydrogen-bond acceptors (Lipinski definition) is 4. The summed E-state index contributed by atoms with van der Waals surface area (Å²) in [5, 5.41) is 0.210. The van der Waals surface area contributed by atoms with Crippen molar-refractivity contribution in [1.29, 1.82) is 0 Å². The smallest absolute Gasteiger partial charge is 0.346 e. The molecule has 0 saturated heterocycles. The van der Waals surface area contributed by atoms with Crippen LogP contribution in [0.4, 0.5) is 13.2 Å². The molecule has 0 aromatic carbocycles. The van der Waals surface area contributed by atoms with E-state index in [0.717, 1.165) is 0 Å². The number of rotatable bonds is 4. The Kier molecular flexibility index (Phi) is 4.02. The summed E-state index contributed by atoms with van der Waals surface area (Å²) in [5.74, 6) is -1.12. The third-order valence-electron chi connectivity index (χ3n) is 5.95. The van der Waals surface area contributed by atoms with Crippen LogP contribution in [0.2, 0.25) is 0 Å². The number of nitrogens with zero attached hydrogens (tertiary/aromatic N) is 3. The van der Waals surface area contributed by atoms with E-state index in [9.17, 15) is 21.6 Å². The summed E-state index contributed by atoms with van der Waals surface area (Å²) >= 11 is 0. The molecule has 29 heavy (non-hydrogen) atoms. The Hall–Kier alpha value is -2.14. The van der Waals surface area contributed by atoms with E-state index >= 15 is 0 Å². The molecule has 0 amide bonds. The number of nitrogens with one attached hydrogen (secondary N) is 2. The van der Waals surface area contributed by atoms with Crippen molar-refractivity contribution in [3.63, 3.8) is 0 Å². The highest BCUT2D eigenvalue weighted by Gasteiger charge is 2.45. The van der Waals surface area contributed by atoms with Crippen molar-refractivity contribution >= 4 is 32.1 Å². The van der Waals surface area contributed by atoms with Crippen molar-refractivity contribution < 1.29 is 21.6 Å². The summed E-state index contributed by atoms with van der Waals surface area (Å²) in [6.45, 7) is 1.86. The molecule has 3 aromatic rings. The fraction of sp³-hybridized carbons (Fsp3) is 0.556. The van der Waals surface area contributed by atoms with Crippen LogP contribution in [-0.2, 0) is 16.2 Å². The minimum atomic E-state index is -4.63. The van der Waals surface area contributed by atoms with Gasteiger partial charge in [-0.2, -0.15) is 13.2 Å². The SMILES string of the molecule is CC1CC(NS(=O)(=O)C2CC2)CC1n1c(C(F)(F)F)nc2cnc3[nH]ccc3c21. The minimum absolute atomic E-state index is 0.150. The minimum Gasteiger partial charge on any atom is -0.346 e. The zero-order valence-corrected chi connectivity index (χ0v) is 16.4.